The van der Waals surface area contributed by atoms with Crippen LogP contribution in [0.25, 0.3) is 6.08 Å². The molecule has 0 radical (unpaired) electrons. The summed E-state index contributed by atoms with van der Waals surface area (Å²) in [5, 5.41) is 0. The highest BCUT2D eigenvalue weighted by atomic mass is 32.1. The summed E-state index contributed by atoms with van der Waals surface area (Å²) in [7, 11) is 3.11. The van der Waals surface area contributed by atoms with Crippen LogP contribution in [0.5, 0.6) is 11.5 Å². The molecule has 8 heteroatoms. The van der Waals surface area contributed by atoms with E-state index in [0.29, 0.717) is 37.7 Å². The Bertz CT molecular complexity index is 1430. The Balaban J connectivity index is 2.02. The average molecular weight is 479 g/mol. The van der Waals surface area contributed by atoms with Gasteiger partial charge in [0.15, 0.2) is 4.80 Å². The van der Waals surface area contributed by atoms with Crippen LogP contribution in [0.15, 0.2) is 69.6 Å². The molecule has 0 amide bonds. The van der Waals surface area contributed by atoms with Gasteiger partial charge < -0.3 is 14.2 Å². The molecule has 3 aromatic rings. The van der Waals surface area contributed by atoms with Crippen molar-refractivity contribution in [2.75, 3.05) is 14.2 Å². The number of aromatic nitrogens is 1. The van der Waals surface area contributed by atoms with Gasteiger partial charge in [0.1, 0.15) is 17.5 Å². The normalized spacial score (nSPS) is 15.7. The highest BCUT2D eigenvalue weighted by Crippen LogP contribution is 2.37. The average Bonchev–Trinajstić information content (AvgIpc) is 3.12. The Hall–Kier alpha value is -3.65. The monoisotopic (exact) mass is 478 g/mol. The van der Waals surface area contributed by atoms with Gasteiger partial charge in [0, 0.05) is 5.56 Å². The van der Waals surface area contributed by atoms with E-state index in [1.165, 1.54) is 11.3 Å². The SMILES string of the molecule is COc1ccc(OC)c([C@H]2C(C(=O)OC(C)C)=C(C)N=c3sc(=Cc4ccccc4)c(=O)n32)c1. The van der Waals surface area contributed by atoms with Crippen LogP contribution < -0.4 is 24.4 Å². The van der Waals surface area contributed by atoms with Gasteiger partial charge in [0.2, 0.25) is 0 Å². The zero-order valence-corrected chi connectivity index (χ0v) is 20.5. The number of hydrogen-bond acceptors (Lipinski definition) is 7. The Morgan fingerprint density at radius 1 is 1.12 bits per heavy atom. The highest BCUT2D eigenvalue weighted by molar-refractivity contribution is 7.07. The van der Waals surface area contributed by atoms with E-state index in [9.17, 15) is 9.59 Å². The molecule has 0 unspecified atom stereocenters. The van der Waals surface area contributed by atoms with Crippen molar-refractivity contribution >= 4 is 23.4 Å². The number of hydrogen-bond donors (Lipinski definition) is 0. The summed E-state index contributed by atoms with van der Waals surface area (Å²) in [5.41, 5.74) is 2.05. The van der Waals surface area contributed by atoms with E-state index >= 15 is 0 Å². The molecule has 2 aromatic carbocycles. The molecule has 1 aliphatic rings. The molecule has 34 heavy (non-hydrogen) atoms. The van der Waals surface area contributed by atoms with E-state index in [-0.39, 0.29) is 11.7 Å². The molecule has 0 saturated carbocycles. The standard InChI is InChI=1S/C26H26N2O5S/c1-15(2)33-25(30)22-16(3)27-26-28(23(22)19-14-18(31-4)11-12-20(19)32-5)24(29)21(34-26)13-17-9-7-6-8-10-17/h6-15,23H,1-5H3/t23-/m0/s1. The van der Waals surface area contributed by atoms with Crippen LogP contribution in [-0.4, -0.2) is 30.9 Å². The van der Waals surface area contributed by atoms with Crippen LogP contribution in [-0.2, 0) is 9.53 Å². The predicted octanol–water partition coefficient (Wildman–Crippen LogP) is 3.20. The highest BCUT2D eigenvalue weighted by Gasteiger charge is 2.35. The largest absolute Gasteiger partial charge is 0.497 e. The molecule has 2 heterocycles. The third-order valence-corrected chi connectivity index (χ3v) is 6.40. The first-order chi connectivity index (χ1) is 16.3. The van der Waals surface area contributed by atoms with E-state index < -0.39 is 12.0 Å². The maximum atomic E-state index is 13.7. The van der Waals surface area contributed by atoms with Gasteiger partial charge in [-0.05, 0) is 50.6 Å². The van der Waals surface area contributed by atoms with Gasteiger partial charge in [-0.1, -0.05) is 41.7 Å². The quantitative estimate of drug-likeness (QED) is 0.509. The summed E-state index contributed by atoms with van der Waals surface area (Å²) in [6.45, 7) is 5.32. The number of rotatable bonds is 6. The second kappa shape index (κ2) is 9.69. The van der Waals surface area contributed by atoms with E-state index in [2.05, 4.69) is 4.99 Å². The number of esters is 1. The van der Waals surface area contributed by atoms with Gasteiger partial charge >= 0.3 is 5.97 Å². The number of ether oxygens (including phenoxy) is 3. The number of benzene rings is 2. The minimum atomic E-state index is -0.787. The van der Waals surface area contributed by atoms with Gasteiger partial charge in [-0.2, -0.15) is 0 Å². The summed E-state index contributed by atoms with van der Waals surface area (Å²) >= 11 is 1.28. The van der Waals surface area contributed by atoms with Crippen LogP contribution in [0.3, 0.4) is 0 Å². The van der Waals surface area contributed by atoms with Crippen molar-refractivity contribution in [3.63, 3.8) is 0 Å². The van der Waals surface area contributed by atoms with Gasteiger partial charge in [-0.25, -0.2) is 9.79 Å². The minimum Gasteiger partial charge on any atom is -0.497 e. The van der Waals surface area contributed by atoms with E-state index in [4.69, 9.17) is 14.2 Å². The Labute approximate surface area is 201 Å². The van der Waals surface area contributed by atoms with Crippen molar-refractivity contribution in [2.45, 2.75) is 32.9 Å². The fraction of sp³-hybridized carbons (Fsp3) is 0.269. The molecular weight excluding hydrogens is 452 g/mol. The Kier molecular flexibility index (Phi) is 6.70. The van der Waals surface area contributed by atoms with E-state index in [1.54, 1.807) is 57.8 Å². The van der Waals surface area contributed by atoms with Gasteiger partial charge in [-0.3, -0.25) is 9.36 Å². The zero-order chi connectivity index (χ0) is 24.4. The van der Waals surface area contributed by atoms with Crippen molar-refractivity contribution in [1.82, 2.24) is 4.57 Å². The molecule has 0 N–H and O–H groups in total. The molecule has 1 aromatic heterocycles. The second-order valence-electron chi connectivity index (χ2n) is 8.05. The van der Waals surface area contributed by atoms with Crippen LogP contribution in [0.4, 0.5) is 0 Å². The number of nitrogens with zero attached hydrogens (tertiary/aromatic N) is 2. The van der Waals surface area contributed by atoms with Crippen molar-refractivity contribution < 1.29 is 19.0 Å². The van der Waals surface area contributed by atoms with Crippen molar-refractivity contribution in [1.29, 1.82) is 0 Å². The molecule has 0 aliphatic carbocycles. The number of thiazole rings is 1. The maximum Gasteiger partial charge on any atom is 0.338 e. The maximum absolute atomic E-state index is 13.7. The molecule has 1 aliphatic heterocycles. The Morgan fingerprint density at radius 3 is 2.50 bits per heavy atom. The van der Waals surface area contributed by atoms with Crippen molar-refractivity contribution in [3.05, 3.63) is 90.6 Å². The summed E-state index contributed by atoms with van der Waals surface area (Å²) < 4.78 is 18.7. The van der Waals surface area contributed by atoms with Crippen LogP contribution in [0.1, 0.15) is 37.9 Å². The lowest BCUT2D eigenvalue weighted by molar-refractivity contribution is -0.143. The number of fused-ring (bicyclic) bond motifs is 1. The molecule has 7 nitrogen and oxygen atoms in total. The lowest BCUT2D eigenvalue weighted by atomic mass is 9.94. The second-order valence-corrected chi connectivity index (χ2v) is 9.06. The van der Waals surface area contributed by atoms with Crippen LogP contribution >= 0.6 is 11.3 Å². The molecule has 4 rings (SSSR count). The van der Waals surface area contributed by atoms with Crippen molar-refractivity contribution in [3.8, 4) is 11.5 Å². The summed E-state index contributed by atoms with van der Waals surface area (Å²) in [6.07, 6.45) is 1.50. The summed E-state index contributed by atoms with van der Waals surface area (Å²) in [5.74, 6) is 0.574. The fourth-order valence-corrected chi connectivity index (χ4v) is 4.95. The summed E-state index contributed by atoms with van der Waals surface area (Å²) in [6, 6.07) is 14.1. The number of carbonyl (C=O) groups excluding carboxylic acids is 1. The van der Waals surface area contributed by atoms with Crippen LogP contribution in [0.2, 0.25) is 0 Å². The number of allylic oxidation sites excluding steroid dienone is 1. The molecule has 176 valence electrons. The third kappa shape index (κ3) is 4.41. The smallest absolute Gasteiger partial charge is 0.338 e. The van der Waals surface area contributed by atoms with E-state index in [0.717, 1.165) is 5.56 Å². The lowest BCUT2D eigenvalue weighted by Crippen LogP contribution is -2.40. The zero-order valence-electron chi connectivity index (χ0n) is 19.7. The minimum absolute atomic E-state index is 0.246. The molecular formula is C26H26N2O5S. The van der Waals surface area contributed by atoms with Gasteiger partial charge in [-0.15, -0.1) is 0 Å². The van der Waals surface area contributed by atoms with Crippen molar-refractivity contribution in [2.24, 2.45) is 4.99 Å². The molecule has 0 bridgehead atoms. The number of carbonyl (C=O) groups is 1. The lowest BCUT2D eigenvalue weighted by Gasteiger charge is -2.26. The molecule has 0 saturated heterocycles. The summed E-state index contributed by atoms with van der Waals surface area (Å²) in [4.78, 5) is 32.1. The Morgan fingerprint density at radius 2 is 1.85 bits per heavy atom. The molecule has 0 spiro atoms. The molecule has 0 fully saturated rings. The first-order valence-corrected chi connectivity index (χ1v) is 11.7. The van der Waals surface area contributed by atoms with E-state index in [1.807, 2.05) is 36.4 Å². The first-order valence-electron chi connectivity index (χ1n) is 10.8. The molecule has 1 atom stereocenters. The van der Waals surface area contributed by atoms with Gasteiger partial charge in [0.05, 0.1) is 36.1 Å². The fourth-order valence-electron chi connectivity index (χ4n) is 3.91. The van der Waals surface area contributed by atoms with Gasteiger partial charge in [0.25, 0.3) is 5.56 Å². The van der Waals surface area contributed by atoms with Crippen LogP contribution in [0, 0.1) is 0 Å². The third-order valence-electron chi connectivity index (χ3n) is 5.41. The first kappa shape index (κ1) is 23.5. The number of methoxy groups -OCH3 is 2. The topological polar surface area (TPSA) is 79.1 Å². The predicted molar refractivity (Wildman–Crippen MR) is 131 cm³/mol.